The molecule has 2 aliphatic heterocycles. The van der Waals surface area contributed by atoms with Crippen LogP contribution in [0.3, 0.4) is 0 Å². The van der Waals surface area contributed by atoms with Gasteiger partial charge in [-0.2, -0.15) is 0 Å². The second kappa shape index (κ2) is 17.4. The number of methoxy groups -OCH3 is 1. The zero-order chi connectivity index (χ0) is 41.9. The average Bonchev–Trinajstić information content (AvgIpc) is 3.45. The fourth-order valence-electron chi connectivity index (χ4n) is 7.57. The molecule has 0 radical (unpaired) electrons. The summed E-state index contributed by atoms with van der Waals surface area (Å²) in [6.07, 6.45) is 8.50. The maximum Gasteiger partial charge on any atom is 0.266 e. The molecule has 312 valence electrons. The number of aromatic nitrogens is 2. The molecule has 1 aliphatic carbocycles. The Morgan fingerprint density at radius 1 is 1.07 bits per heavy atom. The van der Waals surface area contributed by atoms with Crippen LogP contribution in [-0.4, -0.2) is 84.9 Å². The zero-order valence-electron chi connectivity index (χ0n) is 33.9. The minimum Gasteiger partial charge on any atom is -0.497 e. The van der Waals surface area contributed by atoms with Crippen LogP contribution in [-0.2, 0) is 24.4 Å². The normalized spacial score (nSPS) is 23.3. The van der Waals surface area contributed by atoms with E-state index in [9.17, 15) is 22.8 Å². The van der Waals surface area contributed by atoms with E-state index in [1.165, 1.54) is 28.4 Å². The van der Waals surface area contributed by atoms with Gasteiger partial charge in [-0.25, -0.2) is 23.1 Å². The van der Waals surface area contributed by atoms with E-state index in [0.29, 0.717) is 46.0 Å². The Labute approximate surface area is 348 Å². The fourth-order valence-corrected chi connectivity index (χ4v) is 9.64. The van der Waals surface area contributed by atoms with Crippen LogP contribution in [0.2, 0.25) is 0 Å². The van der Waals surface area contributed by atoms with E-state index in [1.54, 1.807) is 39.2 Å². The molecule has 16 heteroatoms. The van der Waals surface area contributed by atoms with Gasteiger partial charge in [-0.15, -0.1) is 11.3 Å². The van der Waals surface area contributed by atoms with E-state index >= 15 is 0 Å². The Kier molecular flexibility index (Phi) is 12.3. The van der Waals surface area contributed by atoms with E-state index in [4.69, 9.17) is 19.4 Å². The number of nitrogens with one attached hydrogen (secondary N) is 4. The van der Waals surface area contributed by atoms with E-state index < -0.39 is 45.4 Å². The second-order valence-electron chi connectivity index (χ2n) is 15.8. The molecule has 3 aliphatic rings. The summed E-state index contributed by atoms with van der Waals surface area (Å²) < 4.78 is 42.0. The van der Waals surface area contributed by atoms with Crippen molar-refractivity contribution >= 4 is 60.8 Å². The van der Waals surface area contributed by atoms with E-state index in [0.717, 1.165) is 36.4 Å². The van der Waals surface area contributed by atoms with Crippen molar-refractivity contribution in [1.29, 1.82) is 0 Å². The summed E-state index contributed by atoms with van der Waals surface area (Å²) in [7, 11) is -2.75. The molecule has 0 bridgehead atoms. The molecule has 4 N–H and O–H groups in total. The van der Waals surface area contributed by atoms with Crippen LogP contribution in [0.1, 0.15) is 66.2 Å². The summed E-state index contributed by atoms with van der Waals surface area (Å²) in [4.78, 5) is 53.4. The van der Waals surface area contributed by atoms with Gasteiger partial charge in [-0.05, 0) is 77.6 Å². The maximum atomic E-state index is 14.5. The fraction of sp³-hybridized carbons (Fsp3) is 0.419. The number of hydrogen-bond donors (Lipinski definition) is 4. The number of benzene rings is 2. The molecule has 0 unspecified atom stereocenters. The monoisotopic (exact) mass is 841 g/mol. The number of carbonyl (C=O) groups excluding carboxylic acids is 3. The smallest absolute Gasteiger partial charge is 0.266 e. The first-order valence-electron chi connectivity index (χ1n) is 20.0. The lowest BCUT2D eigenvalue weighted by molar-refractivity contribution is -0.137. The van der Waals surface area contributed by atoms with Crippen LogP contribution >= 0.6 is 11.3 Å². The van der Waals surface area contributed by atoms with E-state index in [-0.39, 0.29) is 36.2 Å². The number of rotatable bonds is 9. The molecule has 4 atom stereocenters. The number of anilines is 2. The van der Waals surface area contributed by atoms with Gasteiger partial charge in [-0.3, -0.25) is 14.4 Å². The van der Waals surface area contributed by atoms with Crippen molar-refractivity contribution in [1.82, 2.24) is 24.9 Å². The van der Waals surface area contributed by atoms with Gasteiger partial charge in [0.05, 0.1) is 30.6 Å². The Balaban J connectivity index is 1.18. The number of nitrogens with zero attached hydrogens (tertiary/aromatic N) is 3. The maximum absolute atomic E-state index is 14.5. The molecular weight excluding hydrogens is 791 g/mol. The number of sulfonamides is 1. The number of fused-ring (bicyclic) bond motifs is 3. The van der Waals surface area contributed by atoms with Crippen LogP contribution in [0.15, 0.2) is 82.6 Å². The molecule has 3 amide bonds. The summed E-state index contributed by atoms with van der Waals surface area (Å²) in [6.45, 7) is 8.33. The largest absolute Gasteiger partial charge is 0.497 e. The highest BCUT2D eigenvalue weighted by atomic mass is 32.2. The average molecular weight is 842 g/mol. The SMILES string of the molecule is COc1ccc2c(O[C@@H]3C[C@@H](C(=O)N[C@]45C[C@@H]4/C=C\CCCCCNc4ccccc4S(=O)(=O)NC5=O)N(C(=O)C=C(C)C)C3)cc(-c3csc(NC(C)C)n3)nc2c1. The summed E-state index contributed by atoms with van der Waals surface area (Å²) in [5.41, 5.74) is 1.45. The van der Waals surface area contributed by atoms with Crippen molar-refractivity contribution in [2.24, 2.45) is 5.92 Å². The number of amides is 3. The minimum atomic E-state index is -4.33. The van der Waals surface area contributed by atoms with Gasteiger partial charge in [0, 0.05) is 53.9 Å². The summed E-state index contributed by atoms with van der Waals surface area (Å²) in [5.74, 6) is -1.13. The van der Waals surface area contributed by atoms with Crippen molar-refractivity contribution in [2.75, 3.05) is 30.8 Å². The predicted octanol–water partition coefficient (Wildman–Crippen LogP) is 6.42. The molecule has 0 spiro atoms. The first kappa shape index (κ1) is 41.7. The number of para-hydroxylation sites is 1. The van der Waals surface area contributed by atoms with Gasteiger partial charge in [0.25, 0.3) is 15.9 Å². The van der Waals surface area contributed by atoms with Gasteiger partial charge in [0.1, 0.15) is 39.8 Å². The Hall–Kier alpha value is -5.48. The third kappa shape index (κ3) is 9.38. The lowest BCUT2D eigenvalue weighted by Crippen LogP contribution is -2.56. The first-order chi connectivity index (χ1) is 28.3. The number of pyridine rings is 1. The number of thiazole rings is 1. The van der Waals surface area contributed by atoms with Crippen LogP contribution in [0, 0.1) is 5.92 Å². The van der Waals surface area contributed by atoms with Gasteiger partial charge in [0.15, 0.2) is 5.13 Å². The Bertz CT molecular complexity index is 2410. The first-order valence-corrected chi connectivity index (χ1v) is 22.3. The second-order valence-corrected chi connectivity index (χ2v) is 18.3. The van der Waals surface area contributed by atoms with Gasteiger partial charge in [0.2, 0.25) is 11.8 Å². The highest BCUT2D eigenvalue weighted by Crippen LogP contribution is 2.46. The molecule has 1 saturated heterocycles. The minimum absolute atomic E-state index is 0.0561. The molecule has 7 rings (SSSR count). The number of carbonyl (C=O) groups is 3. The summed E-state index contributed by atoms with van der Waals surface area (Å²) in [6, 6.07) is 12.9. The Morgan fingerprint density at radius 2 is 1.88 bits per heavy atom. The lowest BCUT2D eigenvalue weighted by atomic mass is 10.1. The molecular formula is C43H51N7O7S2. The number of allylic oxidation sites excluding steroid dienone is 2. The third-order valence-electron chi connectivity index (χ3n) is 10.6. The van der Waals surface area contributed by atoms with Gasteiger partial charge in [-0.1, -0.05) is 36.3 Å². The molecule has 2 fully saturated rings. The standard InChI is InChI=1S/C43H51N7O7S2/c1-26(2)19-39(51)50-24-30(57-37-22-34(35-25-58-42(47-35)45-27(3)4)46-33-20-29(56-5)16-17-31(33)37)21-36(50)40(52)48-43-23-28(43)13-9-7-6-8-12-18-44-32-14-10-11-15-38(32)59(54,55)49-41(43)53/h9-11,13-17,19-20,22,25,27-28,30,36,44H,6-8,12,18,21,23-24H2,1-5H3,(H,45,47)(H,48,52)(H,49,53)/b13-9-/t28-,30+,36-,43+/m0/s1. The topological polar surface area (TPSA) is 181 Å². The number of likely N-dealkylation sites (tertiary alicyclic amines) is 1. The summed E-state index contributed by atoms with van der Waals surface area (Å²) in [5, 5.41) is 12.8. The highest BCUT2D eigenvalue weighted by Gasteiger charge is 2.61. The summed E-state index contributed by atoms with van der Waals surface area (Å²) >= 11 is 1.47. The zero-order valence-corrected chi connectivity index (χ0v) is 35.5. The van der Waals surface area contributed by atoms with Gasteiger partial charge < -0.3 is 30.3 Å². The van der Waals surface area contributed by atoms with Crippen molar-refractivity contribution in [3.63, 3.8) is 0 Å². The third-order valence-corrected chi connectivity index (χ3v) is 12.8. The number of hydrogen-bond acceptors (Lipinski definition) is 12. The predicted molar refractivity (Wildman–Crippen MR) is 229 cm³/mol. The van der Waals surface area contributed by atoms with Crippen molar-refractivity contribution in [3.05, 3.63) is 77.7 Å². The molecule has 4 aromatic rings. The molecule has 2 aromatic heterocycles. The quantitative estimate of drug-likeness (QED) is 0.108. The van der Waals surface area contributed by atoms with E-state index in [1.807, 2.05) is 55.6 Å². The Morgan fingerprint density at radius 3 is 2.66 bits per heavy atom. The molecule has 1 saturated carbocycles. The van der Waals surface area contributed by atoms with Crippen molar-refractivity contribution in [3.8, 4) is 22.9 Å². The van der Waals surface area contributed by atoms with Crippen LogP contribution in [0.4, 0.5) is 10.8 Å². The molecule has 14 nitrogen and oxygen atoms in total. The van der Waals surface area contributed by atoms with Crippen molar-refractivity contribution < 1.29 is 32.3 Å². The molecule has 4 heterocycles. The lowest BCUT2D eigenvalue weighted by Gasteiger charge is -2.26. The van der Waals surface area contributed by atoms with Crippen molar-refractivity contribution in [2.45, 2.75) is 94.8 Å². The van der Waals surface area contributed by atoms with Crippen LogP contribution < -0.4 is 30.1 Å². The number of ether oxygens (including phenoxy) is 2. The van der Waals surface area contributed by atoms with Crippen LogP contribution in [0.25, 0.3) is 22.3 Å². The highest BCUT2D eigenvalue weighted by molar-refractivity contribution is 7.90. The van der Waals surface area contributed by atoms with E-state index in [2.05, 4.69) is 20.7 Å². The van der Waals surface area contributed by atoms with Crippen LogP contribution in [0.5, 0.6) is 11.5 Å². The van der Waals surface area contributed by atoms with Gasteiger partial charge >= 0.3 is 0 Å². The molecule has 59 heavy (non-hydrogen) atoms. The molecule has 2 aromatic carbocycles.